The maximum atomic E-state index is 11.9. The van der Waals surface area contributed by atoms with Gasteiger partial charge in [0.05, 0.1) is 12.2 Å². The van der Waals surface area contributed by atoms with Crippen molar-refractivity contribution in [2.75, 3.05) is 0 Å². The molecule has 0 aliphatic carbocycles. The molecule has 3 rings (SSSR count). The van der Waals surface area contributed by atoms with Gasteiger partial charge < -0.3 is 5.32 Å². The van der Waals surface area contributed by atoms with Gasteiger partial charge in [-0.05, 0) is 29.8 Å². The van der Waals surface area contributed by atoms with Crippen LogP contribution < -0.4 is 5.32 Å². The van der Waals surface area contributed by atoms with Crippen molar-refractivity contribution in [1.29, 1.82) is 0 Å². The van der Waals surface area contributed by atoms with Crippen molar-refractivity contribution in [2.45, 2.75) is 6.54 Å². The third-order valence-corrected chi connectivity index (χ3v) is 4.83. The van der Waals surface area contributed by atoms with E-state index < -0.39 is 0 Å². The van der Waals surface area contributed by atoms with Crippen LogP contribution in [-0.4, -0.2) is 15.9 Å². The Bertz CT molecular complexity index is 861. The lowest BCUT2D eigenvalue weighted by atomic mass is 10.2. The van der Waals surface area contributed by atoms with Crippen molar-refractivity contribution >= 4 is 39.2 Å². The van der Waals surface area contributed by atoms with Gasteiger partial charge in [-0.1, -0.05) is 34.1 Å². The summed E-state index contributed by atoms with van der Waals surface area (Å²) in [6.45, 7) is 0.412. The lowest BCUT2D eigenvalue weighted by molar-refractivity contribution is -0.116. The fourth-order valence-corrected chi connectivity index (χ4v) is 3.20. The first kappa shape index (κ1) is 16.5. The summed E-state index contributed by atoms with van der Waals surface area (Å²) in [5.74, 6) is -0.147. The van der Waals surface area contributed by atoms with Gasteiger partial charge in [-0.2, -0.15) is 0 Å². The van der Waals surface area contributed by atoms with Gasteiger partial charge in [0.15, 0.2) is 0 Å². The van der Waals surface area contributed by atoms with E-state index >= 15 is 0 Å². The molecule has 1 aromatic carbocycles. The lowest BCUT2D eigenvalue weighted by Gasteiger charge is -2.00. The zero-order valence-electron chi connectivity index (χ0n) is 12.6. The van der Waals surface area contributed by atoms with E-state index in [0.29, 0.717) is 6.54 Å². The van der Waals surface area contributed by atoms with Crippen LogP contribution in [0, 0.1) is 0 Å². The Labute approximate surface area is 152 Å². The summed E-state index contributed by atoms with van der Waals surface area (Å²) in [4.78, 5) is 20.5. The summed E-state index contributed by atoms with van der Waals surface area (Å²) >= 11 is 4.98. The van der Waals surface area contributed by atoms with Gasteiger partial charge in [0, 0.05) is 33.9 Å². The van der Waals surface area contributed by atoms with Crippen molar-refractivity contribution < 1.29 is 4.79 Å². The van der Waals surface area contributed by atoms with E-state index in [1.807, 2.05) is 41.8 Å². The molecule has 2 heterocycles. The van der Waals surface area contributed by atoms with Crippen LogP contribution in [0.4, 0.5) is 0 Å². The van der Waals surface area contributed by atoms with Crippen molar-refractivity contribution in [2.24, 2.45) is 0 Å². The number of pyridine rings is 1. The predicted octanol–water partition coefficient (Wildman–Crippen LogP) is 4.30. The molecule has 1 amide bonds. The minimum Gasteiger partial charge on any atom is -0.346 e. The average Bonchev–Trinajstić information content (AvgIpc) is 3.09. The van der Waals surface area contributed by atoms with Gasteiger partial charge >= 0.3 is 0 Å². The molecular weight excluding hydrogens is 386 g/mol. The Kier molecular flexibility index (Phi) is 5.51. The normalized spacial score (nSPS) is 10.9. The first-order valence-electron chi connectivity index (χ1n) is 7.27. The summed E-state index contributed by atoms with van der Waals surface area (Å²) in [5.41, 5.74) is 2.88. The van der Waals surface area contributed by atoms with Crippen LogP contribution in [0.1, 0.15) is 10.6 Å². The summed E-state index contributed by atoms with van der Waals surface area (Å²) < 4.78 is 0.955. The highest BCUT2D eigenvalue weighted by atomic mass is 79.9. The number of halogens is 1. The Hall–Kier alpha value is -2.31. The highest BCUT2D eigenvalue weighted by Gasteiger charge is 2.05. The third kappa shape index (κ3) is 4.37. The molecule has 0 aliphatic rings. The molecule has 0 saturated heterocycles. The molecule has 0 radical (unpaired) electrons. The monoisotopic (exact) mass is 399 g/mol. The lowest BCUT2D eigenvalue weighted by Crippen LogP contribution is -2.20. The fourth-order valence-electron chi connectivity index (χ4n) is 2.04. The van der Waals surface area contributed by atoms with Crippen LogP contribution in [0.3, 0.4) is 0 Å². The molecule has 0 atom stereocenters. The summed E-state index contributed by atoms with van der Waals surface area (Å²) in [7, 11) is 0. The molecule has 3 aromatic rings. The van der Waals surface area contributed by atoms with Crippen molar-refractivity contribution in [3.63, 3.8) is 0 Å². The SMILES string of the molecule is O=C(/C=C/c1ccccc1Br)NCc1nc(-c2ccncc2)cs1. The number of aromatic nitrogens is 2. The molecule has 6 heteroatoms. The minimum absolute atomic E-state index is 0.147. The highest BCUT2D eigenvalue weighted by Crippen LogP contribution is 2.21. The number of amides is 1. The number of rotatable bonds is 5. The highest BCUT2D eigenvalue weighted by molar-refractivity contribution is 9.10. The second-order valence-corrected chi connectivity index (χ2v) is 6.73. The number of carbonyl (C=O) groups excluding carboxylic acids is 1. The van der Waals surface area contributed by atoms with Gasteiger partial charge in [-0.3, -0.25) is 9.78 Å². The van der Waals surface area contributed by atoms with Crippen LogP contribution in [0.25, 0.3) is 17.3 Å². The topological polar surface area (TPSA) is 54.9 Å². The third-order valence-electron chi connectivity index (χ3n) is 3.26. The zero-order chi connectivity index (χ0) is 16.8. The summed E-state index contributed by atoms with van der Waals surface area (Å²) in [5, 5.41) is 5.69. The Morgan fingerprint density at radius 1 is 1.21 bits per heavy atom. The number of hydrogen-bond donors (Lipinski definition) is 1. The maximum Gasteiger partial charge on any atom is 0.244 e. The van der Waals surface area contributed by atoms with Crippen LogP contribution in [0.5, 0.6) is 0 Å². The summed E-state index contributed by atoms with van der Waals surface area (Å²) in [6, 6.07) is 11.6. The van der Waals surface area contributed by atoms with Crippen LogP contribution in [0.2, 0.25) is 0 Å². The van der Waals surface area contributed by atoms with Crippen LogP contribution in [-0.2, 0) is 11.3 Å². The van der Waals surface area contributed by atoms with E-state index in [-0.39, 0.29) is 5.91 Å². The quantitative estimate of drug-likeness (QED) is 0.650. The van der Waals surface area contributed by atoms with Crippen LogP contribution in [0.15, 0.2) is 64.7 Å². The fraction of sp³-hybridized carbons (Fsp3) is 0.0556. The molecule has 0 spiro atoms. The predicted molar refractivity (Wildman–Crippen MR) is 100 cm³/mol. The first-order chi connectivity index (χ1) is 11.7. The van der Waals surface area contributed by atoms with Gasteiger partial charge in [0.1, 0.15) is 5.01 Å². The molecule has 1 N–H and O–H groups in total. The second kappa shape index (κ2) is 7.99. The molecule has 0 bridgehead atoms. The molecule has 24 heavy (non-hydrogen) atoms. The number of nitrogens with zero attached hydrogens (tertiary/aromatic N) is 2. The number of carbonyl (C=O) groups is 1. The molecule has 0 aliphatic heterocycles. The smallest absolute Gasteiger partial charge is 0.244 e. The van der Waals surface area contributed by atoms with Crippen molar-refractivity contribution in [3.8, 4) is 11.3 Å². The molecule has 0 unspecified atom stereocenters. The number of benzene rings is 1. The largest absolute Gasteiger partial charge is 0.346 e. The van der Waals surface area contributed by atoms with E-state index in [1.165, 1.54) is 17.4 Å². The van der Waals surface area contributed by atoms with Gasteiger partial charge in [-0.25, -0.2) is 4.98 Å². The number of thiazole rings is 1. The minimum atomic E-state index is -0.147. The average molecular weight is 400 g/mol. The van der Waals surface area contributed by atoms with E-state index in [1.54, 1.807) is 18.5 Å². The Balaban J connectivity index is 1.57. The first-order valence-corrected chi connectivity index (χ1v) is 8.95. The zero-order valence-corrected chi connectivity index (χ0v) is 15.0. The van der Waals surface area contributed by atoms with E-state index in [0.717, 1.165) is 26.3 Å². The number of hydrogen-bond acceptors (Lipinski definition) is 4. The Morgan fingerprint density at radius 3 is 2.79 bits per heavy atom. The molecule has 120 valence electrons. The van der Waals surface area contributed by atoms with Crippen LogP contribution >= 0.6 is 27.3 Å². The van der Waals surface area contributed by atoms with Gasteiger partial charge in [-0.15, -0.1) is 11.3 Å². The van der Waals surface area contributed by atoms with Gasteiger partial charge in [0.25, 0.3) is 0 Å². The van der Waals surface area contributed by atoms with E-state index in [9.17, 15) is 4.79 Å². The van der Waals surface area contributed by atoms with E-state index in [2.05, 4.69) is 31.2 Å². The Morgan fingerprint density at radius 2 is 2.00 bits per heavy atom. The standard InChI is InChI=1S/C18H14BrN3OS/c19-15-4-2-1-3-13(15)5-6-17(23)21-11-18-22-16(12-24-18)14-7-9-20-10-8-14/h1-10,12H,11H2,(H,21,23)/b6-5+. The molecule has 4 nitrogen and oxygen atoms in total. The van der Waals surface area contributed by atoms with Gasteiger partial charge in [0.2, 0.25) is 5.91 Å². The molecule has 0 fully saturated rings. The molecule has 0 saturated carbocycles. The maximum absolute atomic E-state index is 11.9. The second-order valence-electron chi connectivity index (χ2n) is 4.94. The summed E-state index contributed by atoms with van der Waals surface area (Å²) in [6.07, 6.45) is 6.78. The van der Waals surface area contributed by atoms with Crippen molar-refractivity contribution in [3.05, 3.63) is 75.3 Å². The molecule has 2 aromatic heterocycles. The van der Waals surface area contributed by atoms with Crippen molar-refractivity contribution in [1.82, 2.24) is 15.3 Å². The number of nitrogens with one attached hydrogen (secondary N) is 1. The molecular formula is C18H14BrN3OS. The van der Waals surface area contributed by atoms with E-state index in [4.69, 9.17) is 0 Å².